The van der Waals surface area contributed by atoms with Crippen molar-refractivity contribution in [3.8, 4) is 11.5 Å². The molecule has 142 valence electrons. The van der Waals surface area contributed by atoms with Gasteiger partial charge in [-0.1, -0.05) is 18.2 Å². The van der Waals surface area contributed by atoms with Crippen LogP contribution in [0.15, 0.2) is 36.4 Å². The highest BCUT2D eigenvalue weighted by atomic mass is 16.5. The van der Waals surface area contributed by atoms with Crippen molar-refractivity contribution in [2.75, 3.05) is 20.3 Å². The highest BCUT2D eigenvalue weighted by molar-refractivity contribution is 5.85. The van der Waals surface area contributed by atoms with Crippen LogP contribution in [0, 0.1) is 13.8 Å². The average molecular weight is 369 g/mol. The van der Waals surface area contributed by atoms with Crippen LogP contribution in [-0.2, 0) is 16.1 Å². The van der Waals surface area contributed by atoms with E-state index in [4.69, 9.17) is 14.6 Å². The third-order valence-electron chi connectivity index (χ3n) is 4.79. The number of carboxylic acids is 1. The molecule has 1 atom stereocenters. The lowest BCUT2D eigenvalue weighted by atomic mass is 9.96. The van der Waals surface area contributed by atoms with Gasteiger partial charge in [0.15, 0.2) is 6.61 Å². The number of rotatable bonds is 6. The summed E-state index contributed by atoms with van der Waals surface area (Å²) in [4.78, 5) is 25.1. The molecule has 6 nitrogen and oxygen atoms in total. The van der Waals surface area contributed by atoms with Crippen molar-refractivity contribution in [3.63, 3.8) is 0 Å². The van der Waals surface area contributed by atoms with Crippen LogP contribution in [0.1, 0.15) is 28.2 Å². The second-order valence-corrected chi connectivity index (χ2v) is 6.86. The molecule has 0 aromatic heterocycles. The number of aliphatic carboxylic acids is 1. The summed E-state index contributed by atoms with van der Waals surface area (Å²) >= 11 is 0. The second kappa shape index (κ2) is 7.70. The third-order valence-corrected chi connectivity index (χ3v) is 4.79. The second-order valence-electron chi connectivity index (χ2n) is 6.86. The van der Waals surface area contributed by atoms with Gasteiger partial charge < -0.3 is 19.5 Å². The molecule has 0 fully saturated rings. The summed E-state index contributed by atoms with van der Waals surface area (Å²) in [5.74, 6) is -0.0107. The van der Waals surface area contributed by atoms with Crippen molar-refractivity contribution in [2.45, 2.75) is 26.3 Å². The summed E-state index contributed by atoms with van der Waals surface area (Å²) in [7, 11) is 1.77. The summed E-state index contributed by atoms with van der Waals surface area (Å²) in [6.45, 7) is 4.51. The fourth-order valence-electron chi connectivity index (χ4n) is 3.13. The molecule has 0 saturated heterocycles. The van der Waals surface area contributed by atoms with E-state index in [0.29, 0.717) is 18.9 Å². The van der Waals surface area contributed by atoms with Crippen LogP contribution < -0.4 is 9.47 Å². The number of carboxylic acid groups (broad SMARTS) is 1. The van der Waals surface area contributed by atoms with Gasteiger partial charge in [0.1, 0.15) is 24.0 Å². The molecule has 1 aliphatic heterocycles. The molecule has 1 amide bonds. The van der Waals surface area contributed by atoms with Crippen molar-refractivity contribution in [3.05, 3.63) is 58.7 Å². The minimum atomic E-state index is -1.02. The number of carbonyl (C=O) groups excluding carboxylic acids is 1. The summed E-state index contributed by atoms with van der Waals surface area (Å²) in [6, 6.07) is 11.1. The number of benzene rings is 2. The lowest BCUT2D eigenvalue weighted by molar-refractivity contribution is -0.139. The SMILES string of the molecule is Cc1cc2c(cc1C)C(C(=O)N(C)Cc1ccc(OCC(=O)O)cc1)CO2. The number of fused-ring (bicyclic) bond motifs is 1. The number of hydrogen-bond donors (Lipinski definition) is 1. The van der Waals surface area contributed by atoms with Gasteiger partial charge >= 0.3 is 5.97 Å². The van der Waals surface area contributed by atoms with Gasteiger partial charge in [-0.15, -0.1) is 0 Å². The van der Waals surface area contributed by atoms with Crippen LogP contribution in [0.2, 0.25) is 0 Å². The van der Waals surface area contributed by atoms with Crippen LogP contribution >= 0.6 is 0 Å². The van der Waals surface area contributed by atoms with Gasteiger partial charge in [0, 0.05) is 19.2 Å². The first-order chi connectivity index (χ1) is 12.8. The molecule has 1 heterocycles. The molecule has 0 radical (unpaired) electrons. The molecule has 0 bridgehead atoms. The zero-order chi connectivity index (χ0) is 19.6. The fraction of sp³-hybridized carbons (Fsp3) is 0.333. The Balaban J connectivity index is 1.65. The number of hydrogen-bond acceptors (Lipinski definition) is 4. The van der Waals surface area contributed by atoms with Gasteiger partial charge in [0.05, 0.1) is 0 Å². The number of ether oxygens (including phenoxy) is 2. The molecule has 1 aliphatic rings. The molecule has 1 unspecified atom stereocenters. The molecular weight excluding hydrogens is 346 g/mol. The molecule has 0 aliphatic carbocycles. The maximum atomic E-state index is 12.9. The smallest absolute Gasteiger partial charge is 0.341 e. The van der Waals surface area contributed by atoms with Crippen LogP contribution in [0.5, 0.6) is 11.5 Å². The summed E-state index contributed by atoms with van der Waals surface area (Å²) in [5, 5.41) is 8.64. The summed E-state index contributed by atoms with van der Waals surface area (Å²) < 4.78 is 10.8. The van der Waals surface area contributed by atoms with E-state index in [1.54, 1.807) is 24.1 Å². The van der Waals surface area contributed by atoms with Crippen LogP contribution in [0.4, 0.5) is 0 Å². The monoisotopic (exact) mass is 369 g/mol. The van der Waals surface area contributed by atoms with Crippen LogP contribution in [-0.4, -0.2) is 42.1 Å². The van der Waals surface area contributed by atoms with Crippen molar-refractivity contribution in [1.82, 2.24) is 4.90 Å². The molecular formula is C21H23NO5. The lowest BCUT2D eigenvalue weighted by Crippen LogP contribution is -2.32. The Hall–Kier alpha value is -3.02. The number of amides is 1. The van der Waals surface area contributed by atoms with Crippen molar-refractivity contribution >= 4 is 11.9 Å². The van der Waals surface area contributed by atoms with Gasteiger partial charge in [0.25, 0.3) is 0 Å². The van der Waals surface area contributed by atoms with Gasteiger partial charge in [-0.25, -0.2) is 4.79 Å². The van der Waals surface area contributed by atoms with Gasteiger partial charge in [-0.3, -0.25) is 4.79 Å². The Morgan fingerprint density at radius 3 is 2.52 bits per heavy atom. The van der Waals surface area contributed by atoms with E-state index in [0.717, 1.165) is 28.0 Å². The van der Waals surface area contributed by atoms with E-state index in [9.17, 15) is 9.59 Å². The first-order valence-electron chi connectivity index (χ1n) is 8.77. The maximum Gasteiger partial charge on any atom is 0.341 e. The Kier molecular flexibility index (Phi) is 5.35. The van der Waals surface area contributed by atoms with Crippen molar-refractivity contribution < 1.29 is 24.2 Å². The number of likely N-dealkylation sites (N-methyl/N-ethyl adjacent to an activating group) is 1. The van der Waals surface area contributed by atoms with E-state index in [-0.39, 0.29) is 18.4 Å². The first-order valence-corrected chi connectivity index (χ1v) is 8.77. The molecule has 6 heteroatoms. The van der Waals surface area contributed by atoms with Crippen molar-refractivity contribution in [1.29, 1.82) is 0 Å². The van der Waals surface area contributed by atoms with E-state index < -0.39 is 5.97 Å². The summed E-state index contributed by atoms with van der Waals surface area (Å²) in [5.41, 5.74) is 4.19. The van der Waals surface area contributed by atoms with E-state index in [2.05, 4.69) is 0 Å². The summed E-state index contributed by atoms with van der Waals surface area (Å²) in [6.07, 6.45) is 0. The first kappa shape index (κ1) is 18.8. The van der Waals surface area contributed by atoms with Gasteiger partial charge in [0.2, 0.25) is 5.91 Å². The van der Waals surface area contributed by atoms with Crippen LogP contribution in [0.3, 0.4) is 0 Å². The van der Waals surface area contributed by atoms with E-state index >= 15 is 0 Å². The fourth-order valence-corrected chi connectivity index (χ4v) is 3.13. The number of nitrogens with zero attached hydrogens (tertiary/aromatic N) is 1. The molecule has 0 spiro atoms. The zero-order valence-electron chi connectivity index (χ0n) is 15.7. The standard InChI is InChI=1S/C21H23NO5/c1-13-8-17-18(11-27-19(17)9-14(13)2)21(25)22(3)10-15-4-6-16(7-5-15)26-12-20(23)24/h4-9,18H,10-12H2,1-3H3,(H,23,24). The highest BCUT2D eigenvalue weighted by Crippen LogP contribution is 2.37. The lowest BCUT2D eigenvalue weighted by Gasteiger charge is -2.21. The minimum absolute atomic E-state index is 0.0169. The van der Waals surface area contributed by atoms with E-state index in [1.165, 1.54) is 0 Å². The van der Waals surface area contributed by atoms with Crippen LogP contribution in [0.25, 0.3) is 0 Å². The van der Waals surface area contributed by atoms with Crippen molar-refractivity contribution in [2.24, 2.45) is 0 Å². The Morgan fingerprint density at radius 2 is 1.85 bits per heavy atom. The molecule has 2 aromatic rings. The highest BCUT2D eigenvalue weighted by Gasteiger charge is 2.32. The van der Waals surface area contributed by atoms with E-state index in [1.807, 2.05) is 38.1 Å². The Bertz CT molecular complexity index is 860. The third kappa shape index (κ3) is 4.22. The average Bonchev–Trinajstić information content (AvgIpc) is 3.03. The largest absolute Gasteiger partial charge is 0.492 e. The number of aryl methyl sites for hydroxylation is 2. The Labute approximate surface area is 158 Å². The number of carbonyl (C=O) groups is 2. The molecule has 1 N–H and O–H groups in total. The zero-order valence-corrected chi connectivity index (χ0v) is 15.7. The molecule has 2 aromatic carbocycles. The predicted molar refractivity (Wildman–Crippen MR) is 100 cm³/mol. The Morgan fingerprint density at radius 1 is 1.19 bits per heavy atom. The molecule has 27 heavy (non-hydrogen) atoms. The topological polar surface area (TPSA) is 76.1 Å². The quantitative estimate of drug-likeness (QED) is 0.847. The minimum Gasteiger partial charge on any atom is -0.492 e. The normalized spacial score (nSPS) is 15.0. The van der Waals surface area contributed by atoms with Gasteiger partial charge in [-0.2, -0.15) is 0 Å². The molecule has 0 saturated carbocycles. The predicted octanol–water partition coefficient (Wildman–Crippen LogP) is 2.90. The molecule has 3 rings (SSSR count). The van der Waals surface area contributed by atoms with Gasteiger partial charge in [-0.05, 0) is 48.7 Å². The maximum absolute atomic E-state index is 12.9.